The van der Waals surface area contributed by atoms with Gasteiger partial charge in [-0.3, -0.25) is 9.59 Å². The van der Waals surface area contributed by atoms with E-state index in [4.69, 9.17) is 0 Å². The minimum absolute atomic E-state index is 0.0607. The van der Waals surface area contributed by atoms with E-state index >= 15 is 0 Å². The summed E-state index contributed by atoms with van der Waals surface area (Å²) in [5.74, 6) is 1.37. The van der Waals surface area contributed by atoms with Crippen molar-refractivity contribution < 1.29 is 9.59 Å². The normalized spacial score (nSPS) is 16.9. The SMILES string of the molecule is Cc1nc2c(c(N3CCN(C(=O)c4ccccc4)CC3)n1)CCNC2=O. The number of benzene rings is 1. The molecule has 0 bridgehead atoms. The van der Waals surface area contributed by atoms with Gasteiger partial charge in [0, 0.05) is 43.9 Å². The highest BCUT2D eigenvalue weighted by molar-refractivity contribution is 5.96. The average molecular weight is 351 g/mol. The summed E-state index contributed by atoms with van der Waals surface area (Å²) in [6, 6.07) is 9.36. The van der Waals surface area contributed by atoms with Crippen LogP contribution in [-0.4, -0.2) is 59.4 Å². The second-order valence-electron chi connectivity index (χ2n) is 6.57. The van der Waals surface area contributed by atoms with E-state index < -0.39 is 0 Å². The summed E-state index contributed by atoms with van der Waals surface area (Å²) in [7, 11) is 0. The maximum absolute atomic E-state index is 12.6. The lowest BCUT2D eigenvalue weighted by Crippen LogP contribution is -2.49. The van der Waals surface area contributed by atoms with Gasteiger partial charge >= 0.3 is 0 Å². The third-order valence-corrected chi connectivity index (χ3v) is 4.86. The predicted octanol–water partition coefficient (Wildman–Crippen LogP) is 1.03. The molecule has 1 N–H and O–H groups in total. The van der Waals surface area contributed by atoms with Crippen LogP contribution in [0.5, 0.6) is 0 Å². The second kappa shape index (κ2) is 6.74. The highest BCUT2D eigenvalue weighted by Gasteiger charge is 2.28. The van der Waals surface area contributed by atoms with E-state index in [0.717, 1.165) is 17.8 Å². The summed E-state index contributed by atoms with van der Waals surface area (Å²) in [6.45, 7) is 5.08. The van der Waals surface area contributed by atoms with Crippen LogP contribution < -0.4 is 10.2 Å². The van der Waals surface area contributed by atoms with Crippen LogP contribution >= 0.6 is 0 Å². The van der Waals surface area contributed by atoms with Crippen LogP contribution in [-0.2, 0) is 6.42 Å². The van der Waals surface area contributed by atoms with E-state index in [-0.39, 0.29) is 11.8 Å². The summed E-state index contributed by atoms with van der Waals surface area (Å²) in [5, 5.41) is 2.84. The van der Waals surface area contributed by atoms with E-state index in [2.05, 4.69) is 20.2 Å². The van der Waals surface area contributed by atoms with Gasteiger partial charge in [-0.05, 0) is 25.5 Å². The van der Waals surface area contributed by atoms with Gasteiger partial charge in [0.1, 0.15) is 17.3 Å². The van der Waals surface area contributed by atoms with Crippen LogP contribution in [0.3, 0.4) is 0 Å². The van der Waals surface area contributed by atoms with Crippen LogP contribution in [0, 0.1) is 6.92 Å². The molecule has 1 saturated heterocycles. The quantitative estimate of drug-likeness (QED) is 0.874. The molecule has 3 heterocycles. The molecule has 2 aliphatic heterocycles. The minimum atomic E-state index is -0.129. The molecule has 1 aromatic carbocycles. The molecule has 2 amide bonds. The lowest BCUT2D eigenvalue weighted by molar-refractivity contribution is 0.0746. The number of amides is 2. The minimum Gasteiger partial charge on any atom is -0.353 e. The molecule has 26 heavy (non-hydrogen) atoms. The summed E-state index contributed by atoms with van der Waals surface area (Å²) in [6.07, 6.45) is 0.736. The topological polar surface area (TPSA) is 78.4 Å². The van der Waals surface area contributed by atoms with Gasteiger partial charge < -0.3 is 15.1 Å². The molecule has 2 aliphatic rings. The Balaban J connectivity index is 1.52. The Bertz CT molecular complexity index is 845. The van der Waals surface area contributed by atoms with E-state index in [0.29, 0.717) is 49.8 Å². The molecule has 4 rings (SSSR count). The zero-order valence-corrected chi connectivity index (χ0v) is 14.7. The van der Waals surface area contributed by atoms with Gasteiger partial charge in [0.25, 0.3) is 11.8 Å². The van der Waals surface area contributed by atoms with Gasteiger partial charge in [0.15, 0.2) is 0 Å². The smallest absolute Gasteiger partial charge is 0.270 e. The van der Waals surface area contributed by atoms with Crippen LogP contribution in [0.4, 0.5) is 5.82 Å². The maximum Gasteiger partial charge on any atom is 0.270 e. The number of piperazine rings is 1. The van der Waals surface area contributed by atoms with Gasteiger partial charge in [-0.2, -0.15) is 0 Å². The zero-order valence-electron chi connectivity index (χ0n) is 14.7. The Kier molecular flexibility index (Phi) is 4.28. The number of hydrogen-bond donors (Lipinski definition) is 1. The number of nitrogens with zero attached hydrogens (tertiary/aromatic N) is 4. The number of carbonyl (C=O) groups excluding carboxylic acids is 2. The fourth-order valence-corrected chi connectivity index (χ4v) is 3.53. The number of fused-ring (bicyclic) bond motifs is 1. The van der Waals surface area contributed by atoms with Gasteiger partial charge in [-0.1, -0.05) is 18.2 Å². The summed E-state index contributed by atoms with van der Waals surface area (Å²) in [4.78, 5) is 37.7. The van der Waals surface area contributed by atoms with E-state index in [9.17, 15) is 9.59 Å². The van der Waals surface area contributed by atoms with Crippen molar-refractivity contribution in [1.82, 2.24) is 20.2 Å². The average Bonchev–Trinajstić information content (AvgIpc) is 2.68. The maximum atomic E-state index is 12.6. The fraction of sp³-hybridized carbons (Fsp3) is 0.368. The monoisotopic (exact) mass is 351 g/mol. The van der Waals surface area contributed by atoms with Crippen molar-refractivity contribution in [1.29, 1.82) is 0 Å². The molecule has 7 nitrogen and oxygen atoms in total. The Hall–Kier alpha value is -2.96. The molecule has 134 valence electrons. The Morgan fingerprint density at radius 3 is 2.54 bits per heavy atom. The first kappa shape index (κ1) is 16.5. The van der Waals surface area contributed by atoms with Crippen molar-refractivity contribution >= 4 is 17.6 Å². The first-order chi connectivity index (χ1) is 12.6. The van der Waals surface area contributed by atoms with Crippen molar-refractivity contribution in [2.24, 2.45) is 0 Å². The van der Waals surface area contributed by atoms with Gasteiger partial charge in [-0.25, -0.2) is 9.97 Å². The predicted molar refractivity (Wildman–Crippen MR) is 97.4 cm³/mol. The third kappa shape index (κ3) is 3.00. The van der Waals surface area contributed by atoms with Gasteiger partial charge in [-0.15, -0.1) is 0 Å². The van der Waals surface area contributed by atoms with Crippen LogP contribution in [0.1, 0.15) is 32.2 Å². The highest BCUT2D eigenvalue weighted by Crippen LogP contribution is 2.25. The Morgan fingerprint density at radius 1 is 1.08 bits per heavy atom. The molecule has 0 saturated carbocycles. The van der Waals surface area contributed by atoms with Crippen molar-refractivity contribution in [2.45, 2.75) is 13.3 Å². The molecule has 1 fully saturated rings. The van der Waals surface area contributed by atoms with Gasteiger partial charge in [0.05, 0.1) is 0 Å². The van der Waals surface area contributed by atoms with Crippen molar-refractivity contribution in [3.8, 4) is 0 Å². The first-order valence-electron chi connectivity index (χ1n) is 8.88. The molecule has 0 radical (unpaired) electrons. The van der Waals surface area contributed by atoms with E-state index in [1.165, 1.54) is 0 Å². The second-order valence-corrected chi connectivity index (χ2v) is 6.57. The Morgan fingerprint density at radius 2 is 1.81 bits per heavy atom. The van der Waals surface area contributed by atoms with Crippen LogP contribution in [0.25, 0.3) is 0 Å². The largest absolute Gasteiger partial charge is 0.353 e. The van der Waals surface area contributed by atoms with Crippen molar-refractivity contribution in [2.75, 3.05) is 37.6 Å². The number of hydrogen-bond acceptors (Lipinski definition) is 5. The molecule has 1 aromatic heterocycles. The molecular weight excluding hydrogens is 330 g/mol. The molecule has 2 aromatic rings. The number of aromatic nitrogens is 2. The molecule has 0 aliphatic carbocycles. The summed E-state index contributed by atoms with van der Waals surface area (Å²) < 4.78 is 0. The molecule has 7 heteroatoms. The summed E-state index contributed by atoms with van der Waals surface area (Å²) >= 11 is 0. The fourth-order valence-electron chi connectivity index (χ4n) is 3.53. The van der Waals surface area contributed by atoms with Crippen LogP contribution in [0.2, 0.25) is 0 Å². The number of aryl methyl sites for hydroxylation is 1. The number of anilines is 1. The number of rotatable bonds is 2. The number of carbonyl (C=O) groups is 2. The van der Waals surface area contributed by atoms with Gasteiger partial charge in [0.2, 0.25) is 0 Å². The first-order valence-corrected chi connectivity index (χ1v) is 8.88. The van der Waals surface area contributed by atoms with E-state index in [1.807, 2.05) is 35.2 Å². The third-order valence-electron chi connectivity index (χ3n) is 4.86. The number of nitrogens with one attached hydrogen (secondary N) is 1. The lowest BCUT2D eigenvalue weighted by atomic mass is 10.1. The van der Waals surface area contributed by atoms with Crippen molar-refractivity contribution in [3.05, 3.63) is 53.0 Å². The summed E-state index contributed by atoms with van der Waals surface area (Å²) in [5.41, 5.74) is 2.12. The Labute approximate surface area is 152 Å². The molecule has 0 unspecified atom stereocenters. The van der Waals surface area contributed by atoms with Crippen molar-refractivity contribution in [3.63, 3.8) is 0 Å². The molecule has 0 atom stereocenters. The van der Waals surface area contributed by atoms with E-state index in [1.54, 1.807) is 6.92 Å². The zero-order chi connectivity index (χ0) is 18.1. The molecular formula is C19H21N5O2. The lowest BCUT2D eigenvalue weighted by Gasteiger charge is -2.37. The highest BCUT2D eigenvalue weighted by atomic mass is 16.2. The standard InChI is InChI=1S/C19H21N5O2/c1-13-21-16-15(7-8-20-18(16)25)17(22-13)23-9-11-24(12-10-23)19(26)14-5-3-2-4-6-14/h2-6H,7-12H2,1H3,(H,20,25). The molecule has 0 spiro atoms. The van der Waals surface area contributed by atoms with Crippen LogP contribution in [0.15, 0.2) is 30.3 Å².